The monoisotopic (exact) mass is 251 g/mol. The van der Waals surface area contributed by atoms with Crippen LogP contribution in [0.1, 0.15) is 19.9 Å². The van der Waals surface area contributed by atoms with E-state index in [9.17, 15) is 10.2 Å². The van der Waals surface area contributed by atoms with Gasteiger partial charge in [-0.15, -0.1) is 0 Å². The smallest absolute Gasteiger partial charge is 0.195 e. The summed E-state index contributed by atoms with van der Waals surface area (Å²) >= 11 is 5.13. The molecule has 0 unspecified atom stereocenters. The molecule has 0 aliphatic heterocycles. The van der Waals surface area contributed by atoms with Crippen molar-refractivity contribution in [3.8, 4) is 22.9 Å². The van der Waals surface area contributed by atoms with E-state index in [1.807, 2.05) is 13.8 Å². The van der Waals surface area contributed by atoms with Gasteiger partial charge in [-0.25, -0.2) is 0 Å². The van der Waals surface area contributed by atoms with E-state index in [2.05, 4.69) is 10.2 Å². The lowest BCUT2D eigenvalue weighted by Crippen LogP contribution is -2.03. The summed E-state index contributed by atoms with van der Waals surface area (Å²) < 4.78 is 2.27. The second kappa shape index (κ2) is 4.21. The molecule has 5 nitrogen and oxygen atoms in total. The number of phenolic OH excluding ortho intramolecular Hbond substituents is 2. The fourth-order valence-corrected chi connectivity index (χ4v) is 2.02. The third-order valence-corrected chi connectivity index (χ3v) is 2.73. The van der Waals surface area contributed by atoms with E-state index in [1.165, 1.54) is 18.2 Å². The highest BCUT2D eigenvalue weighted by atomic mass is 32.1. The van der Waals surface area contributed by atoms with Crippen molar-refractivity contribution in [1.82, 2.24) is 14.8 Å². The minimum Gasteiger partial charge on any atom is -0.508 e. The molecule has 0 saturated carbocycles. The van der Waals surface area contributed by atoms with Gasteiger partial charge in [0.15, 0.2) is 10.6 Å². The Morgan fingerprint density at radius 2 is 2.06 bits per heavy atom. The first-order chi connectivity index (χ1) is 8.00. The number of phenols is 2. The molecule has 2 aromatic rings. The molecule has 0 atom stereocenters. The molecule has 2 rings (SSSR count). The molecule has 90 valence electrons. The summed E-state index contributed by atoms with van der Waals surface area (Å²) in [6.45, 7) is 3.93. The summed E-state index contributed by atoms with van der Waals surface area (Å²) in [4.78, 5) is 0. The SMILES string of the molecule is CC(C)n1c(-c2cc(O)ccc2O)n[nH]c1=S. The number of aromatic hydroxyl groups is 2. The van der Waals surface area contributed by atoms with Crippen LogP contribution in [0.4, 0.5) is 0 Å². The van der Waals surface area contributed by atoms with Crippen molar-refractivity contribution in [2.24, 2.45) is 0 Å². The first-order valence-corrected chi connectivity index (χ1v) is 5.60. The molecule has 3 N–H and O–H groups in total. The van der Waals surface area contributed by atoms with Crippen molar-refractivity contribution in [3.05, 3.63) is 23.0 Å². The van der Waals surface area contributed by atoms with Gasteiger partial charge in [-0.3, -0.25) is 9.67 Å². The first kappa shape index (κ1) is 11.7. The number of nitrogens with zero attached hydrogens (tertiary/aromatic N) is 2. The van der Waals surface area contributed by atoms with Crippen molar-refractivity contribution >= 4 is 12.2 Å². The largest absolute Gasteiger partial charge is 0.508 e. The third kappa shape index (κ3) is 2.03. The minimum atomic E-state index is 0.0544. The Bertz CT molecular complexity index is 601. The summed E-state index contributed by atoms with van der Waals surface area (Å²) in [7, 11) is 0. The maximum atomic E-state index is 9.79. The standard InChI is InChI=1S/C11H13N3O2S/c1-6(2)14-10(12-13-11(14)17)8-5-7(15)3-4-9(8)16/h3-6,15-16H,1-2H3,(H,13,17). The molecule has 1 heterocycles. The summed E-state index contributed by atoms with van der Waals surface area (Å²) in [5.74, 6) is 0.638. The van der Waals surface area contributed by atoms with Gasteiger partial charge in [-0.2, -0.15) is 5.10 Å². The Morgan fingerprint density at radius 1 is 1.35 bits per heavy atom. The molecule has 0 saturated heterocycles. The number of hydrogen-bond donors (Lipinski definition) is 3. The zero-order valence-corrected chi connectivity index (χ0v) is 10.3. The molecule has 0 aliphatic rings. The van der Waals surface area contributed by atoms with Crippen LogP contribution < -0.4 is 0 Å². The topological polar surface area (TPSA) is 74.1 Å². The number of nitrogens with one attached hydrogen (secondary N) is 1. The van der Waals surface area contributed by atoms with Gasteiger partial charge in [0, 0.05) is 6.04 Å². The Kier molecular flexibility index (Phi) is 2.89. The lowest BCUT2D eigenvalue weighted by atomic mass is 10.1. The van der Waals surface area contributed by atoms with Crippen LogP contribution in [0.3, 0.4) is 0 Å². The zero-order chi connectivity index (χ0) is 12.6. The number of aromatic amines is 1. The van der Waals surface area contributed by atoms with Gasteiger partial charge in [0.1, 0.15) is 11.5 Å². The van der Waals surface area contributed by atoms with Crippen LogP contribution in [0.5, 0.6) is 11.5 Å². The fourth-order valence-electron chi connectivity index (χ4n) is 1.68. The van der Waals surface area contributed by atoms with Crippen molar-refractivity contribution in [3.63, 3.8) is 0 Å². The second-order valence-corrected chi connectivity index (χ2v) is 4.40. The van der Waals surface area contributed by atoms with Crippen LogP contribution in [-0.4, -0.2) is 25.0 Å². The Hall–Kier alpha value is -1.82. The summed E-state index contributed by atoms with van der Waals surface area (Å²) in [5, 5.41) is 26.0. The Balaban J connectivity index is 2.69. The van der Waals surface area contributed by atoms with Crippen LogP contribution >= 0.6 is 12.2 Å². The predicted molar refractivity (Wildman–Crippen MR) is 66.6 cm³/mol. The number of benzene rings is 1. The van der Waals surface area contributed by atoms with Gasteiger partial charge in [0.2, 0.25) is 0 Å². The molecule has 17 heavy (non-hydrogen) atoms. The number of rotatable bonds is 2. The van der Waals surface area contributed by atoms with E-state index in [0.29, 0.717) is 16.2 Å². The summed E-state index contributed by atoms with van der Waals surface area (Å²) in [5.41, 5.74) is 0.450. The molecule has 0 radical (unpaired) electrons. The van der Waals surface area contributed by atoms with Crippen molar-refractivity contribution in [2.75, 3.05) is 0 Å². The van der Waals surface area contributed by atoms with Crippen LogP contribution in [0.15, 0.2) is 18.2 Å². The lowest BCUT2D eigenvalue weighted by molar-refractivity contribution is 0.460. The molecular weight excluding hydrogens is 238 g/mol. The minimum absolute atomic E-state index is 0.0544. The molecule has 6 heteroatoms. The van der Waals surface area contributed by atoms with E-state index >= 15 is 0 Å². The normalized spacial score (nSPS) is 11.0. The van der Waals surface area contributed by atoms with Gasteiger partial charge in [-0.1, -0.05) is 0 Å². The lowest BCUT2D eigenvalue weighted by Gasteiger charge is -2.11. The highest BCUT2D eigenvalue weighted by Gasteiger charge is 2.15. The van der Waals surface area contributed by atoms with Gasteiger partial charge in [-0.05, 0) is 44.3 Å². The van der Waals surface area contributed by atoms with E-state index in [4.69, 9.17) is 12.2 Å². The molecule has 1 aromatic heterocycles. The molecule has 0 aliphatic carbocycles. The Morgan fingerprint density at radius 3 is 2.71 bits per heavy atom. The highest BCUT2D eigenvalue weighted by molar-refractivity contribution is 7.71. The van der Waals surface area contributed by atoms with Gasteiger partial charge in [0.05, 0.1) is 5.56 Å². The summed E-state index contributed by atoms with van der Waals surface area (Å²) in [6.07, 6.45) is 0. The molecule has 0 spiro atoms. The van der Waals surface area contributed by atoms with Crippen LogP contribution in [0.25, 0.3) is 11.4 Å². The van der Waals surface area contributed by atoms with E-state index in [1.54, 1.807) is 4.57 Å². The average molecular weight is 251 g/mol. The number of H-pyrrole nitrogens is 1. The molecule has 0 bridgehead atoms. The fraction of sp³-hybridized carbons (Fsp3) is 0.273. The van der Waals surface area contributed by atoms with Crippen molar-refractivity contribution < 1.29 is 10.2 Å². The zero-order valence-electron chi connectivity index (χ0n) is 9.51. The summed E-state index contributed by atoms with van der Waals surface area (Å²) in [6, 6.07) is 4.41. The average Bonchev–Trinajstić information content (AvgIpc) is 2.64. The van der Waals surface area contributed by atoms with Gasteiger partial charge in [0.25, 0.3) is 0 Å². The van der Waals surface area contributed by atoms with E-state index in [-0.39, 0.29) is 17.5 Å². The van der Waals surface area contributed by atoms with Crippen LogP contribution in [0, 0.1) is 4.77 Å². The highest BCUT2D eigenvalue weighted by Crippen LogP contribution is 2.32. The van der Waals surface area contributed by atoms with Gasteiger partial charge >= 0.3 is 0 Å². The predicted octanol–water partition coefficient (Wildman–Crippen LogP) is 2.60. The molecule has 0 amide bonds. The third-order valence-electron chi connectivity index (χ3n) is 2.44. The van der Waals surface area contributed by atoms with Crippen LogP contribution in [0.2, 0.25) is 0 Å². The molecular formula is C11H13N3O2S. The number of aromatic nitrogens is 3. The maximum absolute atomic E-state index is 9.79. The first-order valence-electron chi connectivity index (χ1n) is 5.20. The molecule has 0 fully saturated rings. The van der Waals surface area contributed by atoms with E-state index in [0.717, 1.165) is 0 Å². The quantitative estimate of drug-likeness (QED) is 0.566. The molecule has 1 aromatic carbocycles. The number of hydrogen-bond acceptors (Lipinski definition) is 4. The van der Waals surface area contributed by atoms with E-state index < -0.39 is 0 Å². The van der Waals surface area contributed by atoms with Gasteiger partial charge < -0.3 is 10.2 Å². The second-order valence-electron chi connectivity index (χ2n) is 4.02. The Labute approximate surface area is 103 Å². The maximum Gasteiger partial charge on any atom is 0.195 e. The van der Waals surface area contributed by atoms with Crippen molar-refractivity contribution in [1.29, 1.82) is 0 Å². The van der Waals surface area contributed by atoms with Crippen molar-refractivity contribution in [2.45, 2.75) is 19.9 Å². The van der Waals surface area contributed by atoms with Crippen LogP contribution in [-0.2, 0) is 0 Å².